The Kier molecular flexibility index (Phi) is 7.17. The van der Waals surface area contributed by atoms with Gasteiger partial charge in [0.25, 0.3) is 0 Å². The third-order valence-electron chi connectivity index (χ3n) is 3.04. The van der Waals surface area contributed by atoms with E-state index in [1.165, 1.54) is 0 Å². The summed E-state index contributed by atoms with van der Waals surface area (Å²) in [6, 6.07) is 2.01. The van der Waals surface area contributed by atoms with Gasteiger partial charge in [-0.05, 0) is 36.9 Å². The normalized spacial score (nSPS) is 11.1. The Labute approximate surface area is 122 Å². The molecule has 0 spiro atoms. The maximum Gasteiger partial charge on any atom is 0.147 e. The summed E-state index contributed by atoms with van der Waals surface area (Å²) in [5, 5.41) is 4.09. The Morgan fingerprint density at radius 3 is 2.74 bits per heavy atom. The highest BCUT2D eigenvalue weighted by Crippen LogP contribution is 2.23. The molecule has 0 aliphatic rings. The third kappa shape index (κ3) is 5.79. The molecule has 0 aliphatic carbocycles. The molecule has 1 aromatic rings. The average molecular weight is 284 g/mol. The van der Waals surface area contributed by atoms with Gasteiger partial charge >= 0.3 is 0 Å². The summed E-state index contributed by atoms with van der Waals surface area (Å²) in [5.74, 6) is 1.57. The van der Waals surface area contributed by atoms with E-state index in [4.69, 9.17) is 11.6 Å². The lowest BCUT2D eigenvalue weighted by molar-refractivity contribution is 0.583. The lowest BCUT2D eigenvalue weighted by atomic mass is 10.1. The van der Waals surface area contributed by atoms with Gasteiger partial charge in [-0.3, -0.25) is 0 Å². The van der Waals surface area contributed by atoms with Gasteiger partial charge in [0.2, 0.25) is 0 Å². The molecule has 3 nitrogen and oxygen atoms in total. The number of anilines is 1. The van der Waals surface area contributed by atoms with E-state index in [9.17, 15) is 0 Å². The van der Waals surface area contributed by atoms with Crippen molar-refractivity contribution < 1.29 is 0 Å². The van der Waals surface area contributed by atoms with Crippen LogP contribution in [0.5, 0.6) is 0 Å². The molecule has 0 fully saturated rings. The van der Waals surface area contributed by atoms with Crippen LogP contribution in [0.3, 0.4) is 0 Å². The molecular formula is C15H26ClN3. The van der Waals surface area contributed by atoms with Gasteiger partial charge in [-0.2, -0.15) is 0 Å². The third-order valence-corrected chi connectivity index (χ3v) is 3.32. The zero-order chi connectivity index (χ0) is 14.3. The highest BCUT2D eigenvalue weighted by atomic mass is 35.5. The molecule has 0 saturated heterocycles. The topological polar surface area (TPSA) is 28.2 Å². The molecule has 0 atom stereocenters. The minimum absolute atomic E-state index is 0.693. The van der Waals surface area contributed by atoms with Crippen LogP contribution in [0.1, 0.15) is 39.2 Å². The van der Waals surface area contributed by atoms with Crippen LogP contribution in [0, 0.1) is 5.92 Å². The fraction of sp³-hybridized carbons (Fsp3) is 0.667. The minimum Gasteiger partial charge on any atom is -0.358 e. The van der Waals surface area contributed by atoms with Crippen LogP contribution in [0.15, 0.2) is 12.3 Å². The minimum atomic E-state index is 0.693. The molecule has 1 heterocycles. The van der Waals surface area contributed by atoms with Crippen molar-refractivity contribution in [1.29, 1.82) is 0 Å². The molecule has 1 N–H and O–H groups in total. The summed E-state index contributed by atoms with van der Waals surface area (Å²) in [6.45, 7) is 9.45. The first-order valence-corrected chi connectivity index (χ1v) is 7.48. The van der Waals surface area contributed by atoms with Gasteiger partial charge in [0.15, 0.2) is 0 Å². The predicted molar refractivity (Wildman–Crippen MR) is 84.0 cm³/mol. The van der Waals surface area contributed by atoms with Gasteiger partial charge in [0, 0.05) is 26.3 Å². The van der Waals surface area contributed by atoms with Crippen molar-refractivity contribution in [3.05, 3.63) is 22.8 Å². The van der Waals surface area contributed by atoms with Crippen molar-refractivity contribution in [1.82, 2.24) is 10.3 Å². The molecule has 19 heavy (non-hydrogen) atoms. The summed E-state index contributed by atoms with van der Waals surface area (Å²) in [5.41, 5.74) is 1.14. The first kappa shape index (κ1) is 16.3. The van der Waals surface area contributed by atoms with E-state index < -0.39 is 0 Å². The molecule has 1 rings (SSSR count). The number of halogens is 1. The Bertz CT molecular complexity index is 380. The van der Waals surface area contributed by atoms with Crippen molar-refractivity contribution in [2.75, 3.05) is 25.0 Å². The fourth-order valence-electron chi connectivity index (χ4n) is 1.82. The zero-order valence-corrected chi connectivity index (χ0v) is 13.3. The van der Waals surface area contributed by atoms with Crippen LogP contribution in [0.25, 0.3) is 0 Å². The van der Waals surface area contributed by atoms with Crippen molar-refractivity contribution in [2.24, 2.45) is 5.92 Å². The fourth-order valence-corrected chi connectivity index (χ4v) is 2.15. The SMILES string of the molecule is CCCNCc1cnc(N(C)CCC(C)C)c(Cl)c1. The number of aromatic nitrogens is 1. The van der Waals surface area contributed by atoms with E-state index in [-0.39, 0.29) is 0 Å². The summed E-state index contributed by atoms with van der Waals surface area (Å²) in [6.07, 6.45) is 4.20. The average Bonchev–Trinajstić information content (AvgIpc) is 2.36. The zero-order valence-electron chi connectivity index (χ0n) is 12.5. The van der Waals surface area contributed by atoms with Crippen LogP contribution in [-0.4, -0.2) is 25.1 Å². The second-order valence-corrected chi connectivity index (χ2v) is 5.84. The maximum atomic E-state index is 6.32. The van der Waals surface area contributed by atoms with E-state index in [1.807, 2.05) is 19.3 Å². The standard InChI is InChI=1S/C15H26ClN3/c1-5-7-17-10-13-9-14(16)15(18-11-13)19(4)8-6-12(2)3/h9,11-12,17H,5-8,10H2,1-4H3. The molecule has 0 bridgehead atoms. The lowest BCUT2D eigenvalue weighted by Crippen LogP contribution is -2.21. The number of hydrogen-bond acceptors (Lipinski definition) is 3. The van der Waals surface area contributed by atoms with Gasteiger partial charge in [0.05, 0.1) is 5.02 Å². The summed E-state index contributed by atoms with van der Waals surface area (Å²) in [4.78, 5) is 6.62. The maximum absolute atomic E-state index is 6.32. The van der Waals surface area contributed by atoms with Crippen LogP contribution < -0.4 is 10.2 Å². The molecule has 0 saturated carbocycles. The van der Waals surface area contributed by atoms with Crippen molar-refractivity contribution in [3.8, 4) is 0 Å². The Morgan fingerprint density at radius 1 is 1.42 bits per heavy atom. The molecule has 108 valence electrons. The van der Waals surface area contributed by atoms with Gasteiger partial charge in [0.1, 0.15) is 5.82 Å². The van der Waals surface area contributed by atoms with E-state index in [1.54, 1.807) is 0 Å². The van der Waals surface area contributed by atoms with E-state index in [0.29, 0.717) is 5.92 Å². The lowest BCUT2D eigenvalue weighted by Gasteiger charge is -2.20. The van der Waals surface area contributed by atoms with E-state index in [0.717, 1.165) is 48.9 Å². The Hall–Kier alpha value is -0.800. The predicted octanol–water partition coefficient (Wildman–Crippen LogP) is 3.72. The van der Waals surface area contributed by atoms with Crippen LogP contribution in [0.2, 0.25) is 5.02 Å². The molecule has 0 unspecified atom stereocenters. The molecule has 0 amide bonds. The second-order valence-electron chi connectivity index (χ2n) is 5.43. The number of nitrogens with zero attached hydrogens (tertiary/aromatic N) is 2. The van der Waals surface area contributed by atoms with Crippen LogP contribution in [0.4, 0.5) is 5.82 Å². The number of rotatable bonds is 8. The van der Waals surface area contributed by atoms with Gasteiger partial charge in [-0.25, -0.2) is 4.98 Å². The van der Waals surface area contributed by atoms with Crippen molar-refractivity contribution in [3.63, 3.8) is 0 Å². The molecule has 4 heteroatoms. The summed E-state index contributed by atoms with van der Waals surface area (Å²) in [7, 11) is 2.05. The molecule has 0 aromatic carbocycles. The first-order chi connectivity index (χ1) is 9.04. The van der Waals surface area contributed by atoms with Crippen molar-refractivity contribution in [2.45, 2.75) is 40.2 Å². The van der Waals surface area contributed by atoms with Gasteiger partial charge < -0.3 is 10.2 Å². The highest BCUT2D eigenvalue weighted by Gasteiger charge is 2.09. The van der Waals surface area contributed by atoms with Crippen LogP contribution >= 0.6 is 11.6 Å². The number of hydrogen-bond donors (Lipinski definition) is 1. The Morgan fingerprint density at radius 2 is 2.16 bits per heavy atom. The Balaban J connectivity index is 2.60. The molecule has 0 aliphatic heterocycles. The summed E-state index contributed by atoms with van der Waals surface area (Å²) >= 11 is 6.32. The smallest absolute Gasteiger partial charge is 0.147 e. The number of nitrogens with one attached hydrogen (secondary N) is 1. The molecule has 0 radical (unpaired) electrons. The molecular weight excluding hydrogens is 258 g/mol. The van der Waals surface area contributed by atoms with E-state index >= 15 is 0 Å². The van der Waals surface area contributed by atoms with Crippen molar-refractivity contribution >= 4 is 17.4 Å². The highest BCUT2D eigenvalue weighted by molar-refractivity contribution is 6.33. The largest absolute Gasteiger partial charge is 0.358 e. The number of pyridine rings is 1. The van der Waals surface area contributed by atoms with Crippen LogP contribution in [-0.2, 0) is 6.54 Å². The molecule has 1 aromatic heterocycles. The summed E-state index contributed by atoms with van der Waals surface area (Å²) < 4.78 is 0. The van der Waals surface area contributed by atoms with Gasteiger partial charge in [-0.1, -0.05) is 32.4 Å². The quantitative estimate of drug-likeness (QED) is 0.737. The van der Waals surface area contributed by atoms with Gasteiger partial charge in [-0.15, -0.1) is 0 Å². The first-order valence-electron chi connectivity index (χ1n) is 7.10. The monoisotopic (exact) mass is 283 g/mol. The van der Waals surface area contributed by atoms with E-state index in [2.05, 4.69) is 36.0 Å². The second kappa shape index (κ2) is 8.39.